The monoisotopic (exact) mass is 396 g/mol. The number of rotatable bonds is 1. The van der Waals surface area contributed by atoms with E-state index in [1.54, 1.807) is 0 Å². The second kappa shape index (κ2) is 5.56. The molecule has 5 aromatic rings. The molecule has 1 aromatic heterocycles. The van der Waals surface area contributed by atoms with Crippen molar-refractivity contribution in [3.8, 4) is 5.69 Å². The molecule has 0 saturated heterocycles. The predicted octanol–water partition coefficient (Wildman–Crippen LogP) is 4.58. The molecule has 0 fully saturated rings. The average molecular weight is 396 g/mol. The maximum Gasteiger partial charge on any atom is 0.247 e. The first-order valence-electron chi connectivity index (χ1n) is 10.9. The number of aliphatic imine (C=N–C) groups is 1. The fourth-order valence-corrected chi connectivity index (χ4v) is 6.21. The van der Waals surface area contributed by atoms with Gasteiger partial charge in [-0.25, -0.2) is 0 Å². The Bertz CT molecular complexity index is 1590. The molecule has 2 aliphatic rings. The van der Waals surface area contributed by atoms with Crippen LogP contribution in [0.2, 0.25) is 0 Å². The van der Waals surface area contributed by atoms with Crippen molar-refractivity contribution in [2.24, 2.45) is 4.99 Å². The lowest BCUT2D eigenvalue weighted by Gasteiger charge is -2.41. The average Bonchev–Trinajstić information content (AvgIpc) is 3.14. The summed E-state index contributed by atoms with van der Waals surface area (Å²) in [5, 5.41) is 2.53. The second-order valence-corrected chi connectivity index (χ2v) is 9.33. The molecule has 0 N–H and O–H groups in total. The van der Waals surface area contributed by atoms with E-state index in [9.17, 15) is 0 Å². The van der Waals surface area contributed by atoms with Gasteiger partial charge in [-0.3, -0.25) is 4.99 Å². The molecule has 2 nitrogen and oxygen atoms in total. The number of benzene rings is 4. The maximum atomic E-state index is 4.36. The molecule has 0 bridgehead atoms. The SMILES string of the molecule is C=Nc1cc2c3c(c1)c1ccccc1n3-c1cccc3c1B2c1ccccc1C3(C)C. The van der Waals surface area contributed by atoms with Crippen LogP contribution in [0.1, 0.15) is 25.0 Å². The number of aromatic nitrogens is 1. The van der Waals surface area contributed by atoms with Gasteiger partial charge >= 0.3 is 0 Å². The van der Waals surface area contributed by atoms with Gasteiger partial charge in [-0.1, -0.05) is 73.9 Å². The highest BCUT2D eigenvalue weighted by atomic mass is 15.0. The van der Waals surface area contributed by atoms with Gasteiger partial charge in [0.25, 0.3) is 0 Å². The minimum absolute atomic E-state index is 0.0493. The Kier molecular flexibility index (Phi) is 3.07. The topological polar surface area (TPSA) is 17.3 Å². The molecule has 2 aliphatic heterocycles. The van der Waals surface area contributed by atoms with E-state index in [-0.39, 0.29) is 12.1 Å². The smallest absolute Gasteiger partial charge is 0.247 e. The van der Waals surface area contributed by atoms with Crippen LogP contribution in [0.5, 0.6) is 0 Å². The van der Waals surface area contributed by atoms with Crippen molar-refractivity contribution in [3.05, 3.63) is 90.0 Å². The Balaban J connectivity index is 1.77. The summed E-state index contributed by atoms with van der Waals surface area (Å²) in [4.78, 5) is 4.36. The van der Waals surface area contributed by atoms with Crippen LogP contribution in [0.15, 0.2) is 83.9 Å². The van der Waals surface area contributed by atoms with Crippen molar-refractivity contribution in [2.45, 2.75) is 19.3 Å². The molecule has 3 heteroatoms. The molecule has 0 saturated carbocycles. The van der Waals surface area contributed by atoms with Crippen LogP contribution in [0, 0.1) is 0 Å². The molecule has 7 rings (SSSR count). The van der Waals surface area contributed by atoms with Crippen molar-refractivity contribution >= 4 is 57.3 Å². The highest BCUT2D eigenvalue weighted by molar-refractivity contribution is 6.99. The van der Waals surface area contributed by atoms with Gasteiger partial charge in [0.05, 0.1) is 11.2 Å². The minimum atomic E-state index is -0.0493. The van der Waals surface area contributed by atoms with E-state index in [1.165, 1.54) is 55.0 Å². The third-order valence-corrected chi connectivity index (χ3v) is 7.51. The molecule has 0 amide bonds. The summed E-state index contributed by atoms with van der Waals surface area (Å²) in [5.41, 5.74) is 11.8. The molecule has 0 radical (unpaired) electrons. The van der Waals surface area contributed by atoms with Gasteiger partial charge in [0.1, 0.15) is 0 Å². The standard InChI is InChI=1S/C28H21BN2/c1-28(2)20-10-5-6-12-22(20)29-23-16-17(30-3)15-19-18-9-4-7-13-24(18)31(27(19)23)25-14-8-11-21(28)26(25)29/h4-16H,3H2,1-2H3. The molecule has 146 valence electrons. The molecule has 0 unspecified atom stereocenters. The van der Waals surface area contributed by atoms with Crippen LogP contribution < -0.4 is 16.4 Å². The Labute approximate surface area is 181 Å². The van der Waals surface area contributed by atoms with Gasteiger partial charge in [0.15, 0.2) is 0 Å². The molecule has 3 heterocycles. The van der Waals surface area contributed by atoms with E-state index in [4.69, 9.17) is 0 Å². The molecular weight excluding hydrogens is 375 g/mol. The van der Waals surface area contributed by atoms with Crippen LogP contribution in [-0.2, 0) is 5.41 Å². The number of nitrogens with zero attached hydrogens (tertiary/aromatic N) is 2. The van der Waals surface area contributed by atoms with Crippen LogP contribution >= 0.6 is 0 Å². The van der Waals surface area contributed by atoms with Crippen molar-refractivity contribution in [2.75, 3.05) is 0 Å². The zero-order valence-electron chi connectivity index (χ0n) is 17.7. The van der Waals surface area contributed by atoms with Crippen LogP contribution in [-0.4, -0.2) is 18.0 Å². The van der Waals surface area contributed by atoms with Gasteiger partial charge in [-0.15, -0.1) is 0 Å². The molecule has 31 heavy (non-hydrogen) atoms. The lowest BCUT2D eigenvalue weighted by Crippen LogP contribution is -2.63. The summed E-state index contributed by atoms with van der Waals surface area (Å²) in [6.45, 7) is 8.78. The second-order valence-electron chi connectivity index (χ2n) is 9.33. The Morgan fingerprint density at radius 3 is 2.45 bits per heavy atom. The first-order valence-corrected chi connectivity index (χ1v) is 10.9. The maximum absolute atomic E-state index is 4.36. The van der Waals surface area contributed by atoms with Gasteiger partial charge in [0.2, 0.25) is 6.71 Å². The van der Waals surface area contributed by atoms with Crippen LogP contribution in [0.3, 0.4) is 0 Å². The summed E-state index contributed by atoms with van der Waals surface area (Å²) < 4.78 is 2.48. The van der Waals surface area contributed by atoms with Crippen molar-refractivity contribution in [1.29, 1.82) is 0 Å². The summed E-state index contributed by atoms with van der Waals surface area (Å²) in [6, 6.07) is 29.0. The van der Waals surface area contributed by atoms with Crippen LogP contribution in [0.25, 0.3) is 27.5 Å². The van der Waals surface area contributed by atoms with Gasteiger partial charge in [-0.2, -0.15) is 0 Å². The largest absolute Gasteiger partial charge is 0.310 e. The number of hydrogen-bond acceptors (Lipinski definition) is 1. The molecule has 4 aromatic carbocycles. The summed E-state index contributed by atoms with van der Waals surface area (Å²) in [7, 11) is 0. The predicted molar refractivity (Wildman–Crippen MR) is 133 cm³/mol. The van der Waals surface area contributed by atoms with Gasteiger partial charge in [0, 0.05) is 27.4 Å². The van der Waals surface area contributed by atoms with E-state index in [0.29, 0.717) is 0 Å². The van der Waals surface area contributed by atoms with Crippen molar-refractivity contribution < 1.29 is 0 Å². The van der Waals surface area contributed by atoms with E-state index < -0.39 is 0 Å². The lowest BCUT2D eigenvalue weighted by molar-refractivity contribution is 0.645. The Morgan fingerprint density at radius 1 is 0.806 bits per heavy atom. The fourth-order valence-electron chi connectivity index (χ4n) is 6.21. The molecule has 0 atom stereocenters. The zero-order valence-corrected chi connectivity index (χ0v) is 17.7. The van der Waals surface area contributed by atoms with Gasteiger partial charge in [-0.05, 0) is 53.0 Å². The van der Waals surface area contributed by atoms with E-state index in [0.717, 1.165) is 5.69 Å². The lowest BCUT2D eigenvalue weighted by atomic mass is 9.30. The minimum Gasteiger partial charge on any atom is -0.310 e. The third-order valence-electron chi connectivity index (χ3n) is 7.51. The summed E-state index contributed by atoms with van der Waals surface area (Å²) >= 11 is 0. The van der Waals surface area contributed by atoms with E-state index >= 15 is 0 Å². The zero-order chi connectivity index (χ0) is 20.9. The van der Waals surface area contributed by atoms with E-state index in [1.807, 2.05) is 0 Å². The highest BCUT2D eigenvalue weighted by Crippen LogP contribution is 2.40. The first-order chi connectivity index (χ1) is 15.1. The fraction of sp³-hybridized carbons (Fsp3) is 0.107. The molecular formula is C28H21BN2. The summed E-state index contributed by atoms with van der Waals surface area (Å²) in [6.07, 6.45) is 0. The molecule has 0 spiro atoms. The summed E-state index contributed by atoms with van der Waals surface area (Å²) in [5.74, 6) is 0. The Hall–Kier alpha value is -3.59. The van der Waals surface area contributed by atoms with Gasteiger partial charge < -0.3 is 4.57 Å². The number of hydrogen-bond donors (Lipinski definition) is 0. The first kappa shape index (κ1) is 17.1. The highest BCUT2D eigenvalue weighted by Gasteiger charge is 2.44. The van der Waals surface area contributed by atoms with Crippen molar-refractivity contribution in [3.63, 3.8) is 0 Å². The van der Waals surface area contributed by atoms with E-state index in [2.05, 4.69) is 109 Å². The number of fused-ring (bicyclic) bond motifs is 7. The quantitative estimate of drug-likeness (QED) is 0.286. The molecule has 0 aliphatic carbocycles. The third kappa shape index (κ3) is 1.93. The van der Waals surface area contributed by atoms with Crippen molar-refractivity contribution in [1.82, 2.24) is 4.57 Å². The Morgan fingerprint density at radius 2 is 1.58 bits per heavy atom. The normalized spacial score (nSPS) is 15.1. The van der Waals surface area contributed by atoms with Crippen LogP contribution in [0.4, 0.5) is 5.69 Å². The number of para-hydroxylation sites is 1.